The van der Waals surface area contributed by atoms with Gasteiger partial charge in [-0.05, 0) is 25.0 Å². The van der Waals surface area contributed by atoms with Gasteiger partial charge in [-0.25, -0.2) is 0 Å². The highest BCUT2D eigenvalue weighted by molar-refractivity contribution is 7.56. The van der Waals surface area contributed by atoms with Crippen LogP contribution in [0.2, 0.25) is 0 Å². The van der Waals surface area contributed by atoms with Crippen LogP contribution in [-0.4, -0.2) is 13.2 Å². The summed E-state index contributed by atoms with van der Waals surface area (Å²) in [5, 5.41) is 2.55. The first-order valence-electron chi connectivity index (χ1n) is 14.6. The van der Waals surface area contributed by atoms with Crippen LogP contribution in [-0.2, 0) is 0 Å². The normalized spacial score (nSPS) is 11.0. The van der Waals surface area contributed by atoms with Crippen molar-refractivity contribution in [3.63, 3.8) is 0 Å². The van der Waals surface area contributed by atoms with Crippen LogP contribution in [0, 0.1) is 0 Å². The monoisotopic (exact) mass is 498 g/mol. The van der Waals surface area contributed by atoms with Crippen molar-refractivity contribution in [2.24, 2.45) is 0 Å². The van der Waals surface area contributed by atoms with Gasteiger partial charge in [0.15, 0.2) is 0 Å². The molecule has 0 aliphatic heterocycles. The molecule has 0 aliphatic rings. The number of unbranched alkanes of at least 4 members (excludes halogenated alkanes) is 14. The number of hydrogen-bond acceptors (Lipinski definition) is 2. The third-order valence-electron chi connectivity index (χ3n) is 6.55. The lowest BCUT2D eigenvalue weighted by atomic mass is 10.1. The van der Waals surface area contributed by atoms with E-state index in [-0.39, 0.29) is 0 Å². The van der Waals surface area contributed by atoms with E-state index in [9.17, 15) is 0 Å². The van der Waals surface area contributed by atoms with Crippen molar-refractivity contribution in [1.82, 2.24) is 0 Å². The molecule has 35 heavy (non-hydrogen) atoms. The summed E-state index contributed by atoms with van der Waals surface area (Å²) in [6.07, 6.45) is 21.2. The Morgan fingerprint density at radius 3 is 1.20 bits per heavy atom. The summed E-state index contributed by atoms with van der Waals surface area (Å²) in [7, 11) is 0.548. The predicted octanol–water partition coefficient (Wildman–Crippen LogP) is 9.35. The van der Waals surface area contributed by atoms with Gasteiger partial charge in [0.05, 0.1) is 13.2 Å². The molecule has 0 spiro atoms. The van der Waals surface area contributed by atoms with Gasteiger partial charge in [-0.15, -0.1) is 0 Å². The molecule has 2 aromatic carbocycles. The van der Waals surface area contributed by atoms with Crippen LogP contribution in [0.1, 0.15) is 117 Å². The summed E-state index contributed by atoms with van der Waals surface area (Å²) in [5.41, 5.74) is 0. The molecule has 0 N–H and O–H groups in total. The molecule has 0 amide bonds. The Kier molecular flexibility index (Phi) is 17.5. The molecule has 0 radical (unpaired) electrons. The van der Waals surface area contributed by atoms with Crippen LogP contribution in [0.15, 0.2) is 48.5 Å². The molecule has 3 heteroatoms. The first-order valence-corrected chi connectivity index (χ1v) is 15.6. The van der Waals surface area contributed by atoms with Crippen LogP contribution in [0.4, 0.5) is 0 Å². The Labute approximate surface area is 218 Å². The zero-order valence-corrected chi connectivity index (χ0v) is 23.7. The molecular weight excluding hydrogens is 447 g/mol. The minimum Gasteiger partial charge on any atom is -0.493 e. The SMILES string of the molecule is CCCCCCCCCCOc1ccccc1Pc1ccccc1OCCCCCCCCCC. The molecule has 0 fully saturated rings. The fraction of sp³-hybridized carbons (Fsp3) is 0.625. The Bertz CT molecular complexity index is 697. The van der Waals surface area contributed by atoms with Gasteiger partial charge in [0.25, 0.3) is 0 Å². The van der Waals surface area contributed by atoms with Gasteiger partial charge in [0.1, 0.15) is 11.5 Å². The van der Waals surface area contributed by atoms with Gasteiger partial charge in [-0.2, -0.15) is 0 Å². The number of ether oxygens (including phenoxy) is 2. The maximum absolute atomic E-state index is 6.22. The van der Waals surface area contributed by atoms with Crippen molar-refractivity contribution < 1.29 is 9.47 Å². The number of rotatable bonds is 22. The highest BCUT2D eigenvalue weighted by Crippen LogP contribution is 2.24. The maximum Gasteiger partial charge on any atom is 0.127 e. The molecule has 0 atom stereocenters. The van der Waals surface area contributed by atoms with Crippen LogP contribution in [0.25, 0.3) is 0 Å². The van der Waals surface area contributed by atoms with Gasteiger partial charge >= 0.3 is 0 Å². The average Bonchev–Trinajstić information content (AvgIpc) is 2.88. The van der Waals surface area contributed by atoms with Gasteiger partial charge in [0.2, 0.25) is 0 Å². The maximum atomic E-state index is 6.22. The third-order valence-corrected chi connectivity index (χ3v) is 7.92. The fourth-order valence-electron chi connectivity index (χ4n) is 4.37. The lowest BCUT2D eigenvalue weighted by Crippen LogP contribution is -2.12. The zero-order chi connectivity index (χ0) is 24.8. The zero-order valence-electron chi connectivity index (χ0n) is 22.7. The van der Waals surface area contributed by atoms with E-state index >= 15 is 0 Å². The molecule has 0 heterocycles. The van der Waals surface area contributed by atoms with Crippen molar-refractivity contribution in [2.45, 2.75) is 117 Å². The van der Waals surface area contributed by atoms with Crippen molar-refractivity contribution in [2.75, 3.05) is 13.2 Å². The van der Waals surface area contributed by atoms with E-state index in [2.05, 4.69) is 62.4 Å². The second kappa shape index (κ2) is 20.6. The van der Waals surface area contributed by atoms with E-state index in [1.54, 1.807) is 0 Å². The van der Waals surface area contributed by atoms with Crippen molar-refractivity contribution in [1.29, 1.82) is 0 Å². The van der Waals surface area contributed by atoms with Crippen LogP contribution >= 0.6 is 8.58 Å². The first-order chi connectivity index (χ1) is 17.3. The molecule has 0 saturated carbocycles. The van der Waals surface area contributed by atoms with E-state index in [0.29, 0.717) is 8.58 Å². The summed E-state index contributed by atoms with van der Waals surface area (Å²) in [4.78, 5) is 0. The Morgan fingerprint density at radius 1 is 0.457 bits per heavy atom. The number of hydrogen-bond donors (Lipinski definition) is 0. The quantitative estimate of drug-likeness (QED) is 0.119. The molecular formula is C32H51O2P. The lowest BCUT2D eigenvalue weighted by molar-refractivity contribution is 0.306. The molecule has 0 saturated heterocycles. The standard InChI is InChI=1S/C32H51O2P/c1-3-5-7-9-11-13-15-21-27-33-29-23-17-19-25-31(29)35-32-26-20-18-24-30(32)34-28-22-16-14-12-10-8-6-4-2/h17-20,23-26,35H,3-16,21-22,27-28H2,1-2H3. The van der Waals surface area contributed by atoms with Crippen molar-refractivity contribution in [3.05, 3.63) is 48.5 Å². The summed E-state index contributed by atoms with van der Waals surface area (Å²) >= 11 is 0. The molecule has 0 aromatic heterocycles. The number of para-hydroxylation sites is 2. The topological polar surface area (TPSA) is 18.5 Å². The second-order valence-electron chi connectivity index (χ2n) is 9.76. The molecule has 2 rings (SSSR count). The molecule has 2 nitrogen and oxygen atoms in total. The minimum atomic E-state index is 0.548. The Balaban J connectivity index is 1.71. The third kappa shape index (κ3) is 14.0. The highest BCUT2D eigenvalue weighted by Gasteiger charge is 2.09. The van der Waals surface area contributed by atoms with Gasteiger partial charge in [0, 0.05) is 10.6 Å². The molecule has 0 bridgehead atoms. The summed E-state index contributed by atoms with van der Waals surface area (Å²) < 4.78 is 12.4. The number of benzene rings is 2. The van der Waals surface area contributed by atoms with E-state index in [1.807, 2.05) is 0 Å². The van der Waals surface area contributed by atoms with E-state index in [4.69, 9.17) is 9.47 Å². The van der Waals surface area contributed by atoms with Gasteiger partial charge in [-0.3, -0.25) is 0 Å². The summed E-state index contributed by atoms with van der Waals surface area (Å²) in [6, 6.07) is 17.1. The Morgan fingerprint density at radius 2 is 0.800 bits per heavy atom. The predicted molar refractivity (Wildman–Crippen MR) is 157 cm³/mol. The van der Waals surface area contributed by atoms with E-state index < -0.39 is 0 Å². The second-order valence-corrected chi connectivity index (χ2v) is 11.1. The average molecular weight is 499 g/mol. The molecule has 0 unspecified atom stereocenters. The fourth-order valence-corrected chi connectivity index (χ4v) is 5.58. The first kappa shape index (κ1) is 29.7. The van der Waals surface area contributed by atoms with E-state index in [1.165, 1.54) is 101 Å². The smallest absolute Gasteiger partial charge is 0.127 e. The van der Waals surface area contributed by atoms with Gasteiger partial charge < -0.3 is 9.47 Å². The van der Waals surface area contributed by atoms with E-state index in [0.717, 1.165) is 37.6 Å². The largest absolute Gasteiger partial charge is 0.493 e. The van der Waals surface area contributed by atoms with Crippen molar-refractivity contribution >= 4 is 19.2 Å². The molecule has 0 aliphatic carbocycles. The van der Waals surface area contributed by atoms with Crippen LogP contribution < -0.4 is 20.1 Å². The van der Waals surface area contributed by atoms with Crippen molar-refractivity contribution in [3.8, 4) is 11.5 Å². The highest BCUT2D eigenvalue weighted by atomic mass is 31.1. The molecule has 2 aromatic rings. The lowest BCUT2D eigenvalue weighted by Gasteiger charge is -2.14. The summed E-state index contributed by atoms with van der Waals surface area (Å²) in [6.45, 7) is 6.18. The van der Waals surface area contributed by atoms with Gasteiger partial charge in [-0.1, -0.05) is 149 Å². The van der Waals surface area contributed by atoms with Crippen LogP contribution in [0.5, 0.6) is 11.5 Å². The van der Waals surface area contributed by atoms with Crippen LogP contribution in [0.3, 0.4) is 0 Å². The molecule has 196 valence electrons. The minimum absolute atomic E-state index is 0.548. The Hall–Kier alpha value is -1.53. The summed E-state index contributed by atoms with van der Waals surface area (Å²) in [5.74, 6) is 2.07.